The highest BCUT2D eigenvalue weighted by atomic mass is 16.7. The third-order valence-electron chi connectivity index (χ3n) is 1.35. The average molecular weight is 145 g/mol. The third-order valence-corrected chi connectivity index (χ3v) is 1.35. The van der Waals surface area contributed by atoms with Crippen molar-refractivity contribution in [3.05, 3.63) is 0 Å². The van der Waals surface area contributed by atoms with E-state index in [9.17, 15) is 0 Å². The van der Waals surface area contributed by atoms with E-state index in [4.69, 9.17) is 4.84 Å². The molecule has 0 saturated heterocycles. The van der Waals surface area contributed by atoms with E-state index >= 15 is 0 Å². The molecule has 0 radical (unpaired) electrons. The van der Waals surface area contributed by atoms with E-state index in [-0.39, 0.29) is 0 Å². The van der Waals surface area contributed by atoms with Crippen molar-refractivity contribution in [1.29, 1.82) is 0 Å². The van der Waals surface area contributed by atoms with Crippen LogP contribution in [0.1, 0.15) is 34.1 Å². The minimum Gasteiger partial charge on any atom is -0.299 e. The van der Waals surface area contributed by atoms with Gasteiger partial charge in [0.1, 0.15) is 0 Å². The fraction of sp³-hybridized carbons (Fsp3) is 1.00. The van der Waals surface area contributed by atoms with Crippen LogP contribution in [0.4, 0.5) is 0 Å². The molecule has 62 valence electrons. The molecular weight excluding hydrogens is 126 g/mol. The van der Waals surface area contributed by atoms with Crippen LogP contribution in [0.15, 0.2) is 0 Å². The Morgan fingerprint density at radius 2 is 1.90 bits per heavy atom. The van der Waals surface area contributed by atoms with Crippen molar-refractivity contribution in [2.45, 2.75) is 40.2 Å². The first kappa shape index (κ1) is 9.92. The topological polar surface area (TPSA) is 12.5 Å². The van der Waals surface area contributed by atoms with Crippen molar-refractivity contribution >= 4 is 0 Å². The predicted molar refractivity (Wildman–Crippen MR) is 43.8 cm³/mol. The van der Waals surface area contributed by atoms with Gasteiger partial charge >= 0.3 is 0 Å². The molecule has 0 aliphatic carbocycles. The second-order valence-electron chi connectivity index (χ2n) is 2.66. The average Bonchev–Trinajstić information content (AvgIpc) is 1.89. The lowest BCUT2D eigenvalue weighted by atomic mass is 10.4. The van der Waals surface area contributed by atoms with Crippen LogP contribution in [-0.4, -0.2) is 24.3 Å². The monoisotopic (exact) mass is 145 g/mol. The van der Waals surface area contributed by atoms with Crippen LogP contribution >= 0.6 is 0 Å². The molecule has 0 aromatic rings. The van der Waals surface area contributed by atoms with Gasteiger partial charge in [-0.15, -0.1) is 0 Å². The predicted octanol–water partition coefficient (Wildman–Crippen LogP) is 2.06. The molecule has 0 spiro atoms. The van der Waals surface area contributed by atoms with Crippen LogP contribution in [0.5, 0.6) is 0 Å². The Bertz CT molecular complexity index is 73.7. The molecule has 0 fully saturated rings. The normalized spacial score (nSPS) is 11.4. The van der Waals surface area contributed by atoms with Crippen molar-refractivity contribution in [3.63, 3.8) is 0 Å². The van der Waals surface area contributed by atoms with E-state index in [0.29, 0.717) is 6.04 Å². The van der Waals surface area contributed by atoms with E-state index in [0.717, 1.165) is 19.6 Å². The van der Waals surface area contributed by atoms with Crippen LogP contribution in [-0.2, 0) is 4.84 Å². The summed E-state index contributed by atoms with van der Waals surface area (Å²) in [5.41, 5.74) is 0. The summed E-state index contributed by atoms with van der Waals surface area (Å²) in [6, 6.07) is 0.497. The number of rotatable bonds is 5. The number of hydrogen-bond donors (Lipinski definition) is 0. The molecule has 0 heterocycles. The van der Waals surface area contributed by atoms with Gasteiger partial charge in [-0.3, -0.25) is 4.84 Å². The van der Waals surface area contributed by atoms with E-state index in [1.54, 1.807) is 0 Å². The number of hydroxylamine groups is 2. The van der Waals surface area contributed by atoms with Gasteiger partial charge in [0.05, 0.1) is 6.61 Å². The Balaban J connectivity index is 3.40. The fourth-order valence-electron chi connectivity index (χ4n) is 0.814. The van der Waals surface area contributed by atoms with Gasteiger partial charge in [0.25, 0.3) is 0 Å². The minimum atomic E-state index is 0.497. The zero-order valence-corrected chi connectivity index (χ0v) is 7.55. The molecule has 10 heavy (non-hydrogen) atoms. The van der Waals surface area contributed by atoms with Gasteiger partial charge < -0.3 is 0 Å². The van der Waals surface area contributed by atoms with E-state index < -0.39 is 0 Å². The summed E-state index contributed by atoms with van der Waals surface area (Å²) >= 11 is 0. The van der Waals surface area contributed by atoms with Crippen molar-refractivity contribution in [3.8, 4) is 0 Å². The Morgan fingerprint density at radius 3 is 2.20 bits per heavy atom. The third kappa shape index (κ3) is 3.85. The van der Waals surface area contributed by atoms with Gasteiger partial charge in [-0.1, -0.05) is 13.8 Å². The molecule has 0 atom stereocenters. The molecular formula is C8H19NO. The standard InChI is InChI=1S/C8H19NO/c1-5-7-10-9(6-2)8(3)4/h8H,5-7H2,1-4H3. The van der Waals surface area contributed by atoms with Gasteiger partial charge in [0.15, 0.2) is 0 Å². The van der Waals surface area contributed by atoms with Crippen LogP contribution in [0.3, 0.4) is 0 Å². The Kier molecular flexibility index (Phi) is 5.64. The van der Waals surface area contributed by atoms with Gasteiger partial charge in [-0.2, -0.15) is 5.06 Å². The molecule has 2 heteroatoms. The van der Waals surface area contributed by atoms with Crippen molar-refractivity contribution in [2.75, 3.05) is 13.2 Å². The highest BCUT2D eigenvalue weighted by Gasteiger charge is 2.04. The quantitative estimate of drug-likeness (QED) is 0.549. The lowest BCUT2D eigenvalue weighted by molar-refractivity contribution is -0.176. The first-order valence-electron chi connectivity index (χ1n) is 4.11. The Labute approximate surface area is 64.1 Å². The zero-order chi connectivity index (χ0) is 7.98. The van der Waals surface area contributed by atoms with Gasteiger partial charge in [-0.25, -0.2) is 0 Å². The maximum Gasteiger partial charge on any atom is 0.0682 e. The van der Waals surface area contributed by atoms with Gasteiger partial charge in [0, 0.05) is 12.6 Å². The lowest BCUT2D eigenvalue weighted by Crippen LogP contribution is -2.30. The smallest absolute Gasteiger partial charge is 0.0682 e. The highest BCUT2D eigenvalue weighted by molar-refractivity contribution is 4.47. The Hall–Kier alpha value is -0.0800. The van der Waals surface area contributed by atoms with E-state index in [1.807, 2.05) is 5.06 Å². The number of nitrogens with zero attached hydrogens (tertiary/aromatic N) is 1. The van der Waals surface area contributed by atoms with Gasteiger partial charge in [-0.05, 0) is 20.3 Å². The largest absolute Gasteiger partial charge is 0.299 e. The summed E-state index contributed by atoms with van der Waals surface area (Å²) in [5.74, 6) is 0. The molecule has 0 bridgehead atoms. The van der Waals surface area contributed by atoms with Crippen molar-refractivity contribution < 1.29 is 4.84 Å². The molecule has 0 aromatic carbocycles. The fourth-order valence-corrected chi connectivity index (χ4v) is 0.814. The molecule has 2 nitrogen and oxygen atoms in total. The molecule has 0 unspecified atom stereocenters. The van der Waals surface area contributed by atoms with Crippen molar-refractivity contribution in [2.24, 2.45) is 0 Å². The van der Waals surface area contributed by atoms with Crippen molar-refractivity contribution in [1.82, 2.24) is 5.06 Å². The van der Waals surface area contributed by atoms with Crippen LogP contribution in [0, 0.1) is 0 Å². The van der Waals surface area contributed by atoms with E-state index in [1.165, 1.54) is 0 Å². The first-order chi connectivity index (χ1) is 4.72. The maximum absolute atomic E-state index is 5.44. The molecule has 0 aliphatic heterocycles. The van der Waals surface area contributed by atoms with Crippen LogP contribution in [0.2, 0.25) is 0 Å². The summed E-state index contributed by atoms with van der Waals surface area (Å²) < 4.78 is 0. The van der Waals surface area contributed by atoms with E-state index in [2.05, 4.69) is 27.7 Å². The molecule has 0 aliphatic rings. The summed E-state index contributed by atoms with van der Waals surface area (Å²) in [4.78, 5) is 5.44. The molecule has 0 rings (SSSR count). The second kappa shape index (κ2) is 5.69. The molecule has 0 aromatic heterocycles. The summed E-state index contributed by atoms with van der Waals surface area (Å²) in [6.07, 6.45) is 1.09. The summed E-state index contributed by atoms with van der Waals surface area (Å²) in [7, 11) is 0. The maximum atomic E-state index is 5.44. The zero-order valence-electron chi connectivity index (χ0n) is 7.55. The molecule has 0 amide bonds. The van der Waals surface area contributed by atoms with Crippen LogP contribution in [0.25, 0.3) is 0 Å². The number of hydrogen-bond acceptors (Lipinski definition) is 2. The lowest BCUT2D eigenvalue weighted by Gasteiger charge is -2.23. The molecule has 0 N–H and O–H groups in total. The van der Waals surface area contributed by atoms with Crippen LogP contribution < -0.4 is 0 Å². The minimum absolute atomic E-state index is 0.497. The highest BCUT2D eigenvalue weighted by Crippen LogP contribution is 1.98. The summed E-state index contributed by atoms with van der Waals surface area (Å²) in [5, 5.41) is 2.00. The van der Waals surface area contributed by atoms with Gasteiger partial charge in [0.2, 0.25) is 0 Å². The summed E-state index contributed by atoms with van der Waals surface area (Å²) in [6.45, 7) is 10.3. The first-order valence-corrected chi connectivity index (χ1v) is 4.11. The SMILES string of the molecule is CCCON(CC)C(C)C. The Morgan fingerprint density at radius 1 is 1.30 bits per heavy atom. The molecule has 0 saturated carbocycles. The second-order valence-corrected chi connectivity index (χ2v) is 2.66.